The van der Waals surface area contributed by atoms with Gasteiger partial charge in [-0.25, -0.2) is 0 Å². The quantitative estimate of drug-likeness (QED) is 0.823. The van der Waals surface area contributed by atoms with Crippen molar-refractivity contribution in [1.82, 2.24) is 14.3 Å². The first-order chi connectivity index (χ1) is 8.05. The Labute approximate surface area is 101 Å². The Hall–Kier alpha value is -0.0200. The molecule has 2 unspecified atom stereocenters. The highest BCUT2D eigenvalue weighted by molar-refractivity contribution is 7.65. The van der Waals surface area contributed by atoms with E-state index in [0.717, 1.165) is 12.1 Å². The highest BCUT2D eigenvalue weighted by Gasteiger charge is 2.30. The number of alkyl halides is 3. The molecule has 2 atom stereocenters. The Bertz CT molecular complexity index is 386. The lowest BCUT2D eigenvalue weighted by atomic mass is 10.2. The number of hydrogen-bond donors (Lipinski definition) is 2. The van der Waals surface area contributed by atoms with Gasteiger partial charge >= 0.3 is 6.18 Å². The van der Waals surface area contributed by atoms with Crippen LogP contribution in [0.1, 0.15) is 5.56 Å². The fourth-order valence-corrected chi connectivity index (χ4v) is 4.70. The smallest absolute Gasteiger partial charge is 0.397 e. The summed E-state index contributed by atoms with van der Waals surface area (Å²) in [5.41, 5.74) is -0.707. The molecule has 0 amide bonds. The Morgan fingerprint density at radius 3 is 2.53 bits per heavy atom. The molecule has 1 fully saturated rings. The molecule has 94 valence electrons. The molecule has 1 heterocycles. The molecule has 1 saturated heterocycles. The largest absolute Gasteiger partial charge is 0.416 e. The summed E-state index contributed by atoms with van der Waals surface area (Å²) in [4.78, 5) is 11.4. The fraction of sp³-hybridized carbons (Fsp3) is 0.143. The molecule has 17 heavy (non-hydrogen) atoms. The number of benzene rings is 1. The molecule has 1 aliphatic heterocycles. The lowest BCUT2D eigenvalue weighted by Gasteiger charge is -2.26. The molecule has 1 aromatic carbocycles. The van der Waals surface area contributed by atoms with Crippen molar-refractivity contribution in [3.05, 3.63) is 29.8 Å². The van der Waals surface area contributed by atoms with Gasteiger partial charge in [-0.3, -0.25) is 9.72 Å². The van der Waals surface area contributed by atoms with Crippen LogP contribution in [0.4, 0.5) is 13.2 Å². The van der Waals surface area contributed by atoms with E-state index in [1.807, 2.05) is 0 Å². The van der Waals surface area contributed by atoms with Crippen molar-refractivity contribution >= 4 is 26.6 Å². The Morgan fingerprint density at radius 1 is 1.18 bits per heavy atom. The highest BCUT2D eigenvalue weighted by Crippen LogP contribution is 2.39. The highest BCUT2D eigenvalue weighted by atomic mass is 31.2. The van der Waals surface area contributed by atoms with E-state index in [1.54, 1.807) is 4.60 Å². The minimum atomic E-state index is -4.34. The van der Waals surface area contributed by atoms with E-state index in [1.165, 1.54) is 12.1 Å². The first-order valence-corrected chi connectivity index (χ1v) is 7.37. The summed E-state index contributed by atoms with van der Waals surface area (Å²) < 4.78 is 38.9. The third-order valence-electron chi connectivity index (χ3n) is 1.80. The third-order valence-corrected chi connectivity index (χ3v) is 4.95. The number of nitrogens with zero attached hydrogens (tertiary/aromatic N) is 1. The van der Waals surface area contributed by atoms with Gasteiger partial charge in [-0.2, -0.15) is 13.2 Å². The second-order valence-corrected chi connectivity index (χ2v) is 6.97. The van der Waals surface area contributed by atoms with Crippen LogP contribution in [-0.4, -0.2) is 4.60 Å². The van der Waals surface area contributed by atoms with Gasteiger partial charge in [-0.15, -0.1) is 0 Å². The van der Waals surface area contributed by atoms with Crippen molar-refractivity contribution in [3.8, 4) is 5.75 Å². The Balaban J connectivity index is 2.05. The standard InChI is InChI=1S/C7H9F3N3OP3/c8-7(9,10)5-2-1-3-6(4-5)14-13-16-11-15-12-17-13/h1-4,11-12,15-17H. The number of hydrogen-bond acceptors (Lipinski definition) is 4. The van der Waals surface area contributed by atoms with Crippen LogP contribution >= 0.6 is 26.6 Å². The lowest BCUT2D eigenvalue weighted by molar-refractivity contribution is -0.137. The molecule has 4 nitrogen and oxygen atoms in total. The normalized spacial score (nSPS) is 22.3. The van der Waals surface area contributed by atoms with Gasteiger partial charge in [0.2, 0.25) is 0 Å². The van der Waals surface area contributed by atoms with Crippen molar-refractivity contribution in [3.63, 3.8) is 0 Å². The maximum atomic E-state index is 12.5. The predicted molar refractivity (Wildman–Crippen MR) is 65.1 cm³/mol. The number of rotatable bonds is 2. The molecule has 2 N–H and O–H groups in total. The summed E-state index contributed by atoms with van der Waals surface area (Å²) in [7, 11) is 0.948. The molecule has 0 aromatic heterocycles. The topological polar surface area (TPSA) is 36.5 Å². The van der Waals surface area contributed by atoms with Crippen LogP contribution < -0.4 is 14.6 Å². The maximum Gasteiger partial charge on any atom is 0.416 e. The molecule has 1 aromatic rings. The summed E-state index contributed by atoms with van der Waals surface area (Å²) >= 11 is 0. The van der Waals surface area contributed by atoms with Gasteiger partial charge in [0, 0.05) is 8.88 Å². The Kier molecular flexibility index (Phi) is 4.53. The van der Waals surface area contributed by atoms with E-state index in [0.29, 0.717) is 8.88 Å². The molecule has 0 saturated carbocycles. The molecule has 2 rings (SSSR count). The maximum absolute atomic E-state index is 12.5. The Morgan fingerprint density at radius 2 is 1.88 bits per heavy atom. The minimum Gasteiger partial charge on any atom is -0.397 e. The first-order valence-electron chi connectivity index (χ1n) is 4.47. The van der Waals surface area contributed by atoms with Crippen molar-refractivity contribution in [2.45, 2.75) is 6.18 Å². The van der Waals surface area contributed by atoms with Gasteiger partial charge in [0.05, 0.1) is 23.3 Å². The molecule has 0 aliphatic carbocycles. The van der Waals surface area contributed by atoms with Gasteiger partial charge in [-0.05, 0) is 18.2 Å². The number of nitrogens with one attached hydrogen (secondary N) is 2. The second kappa shape index (κ2) is 5.75. The van der Waals surface area contributed by atoms with Crippen LogP contribution in [-0.2, 0) is 6.18 Å². The predicted octanol–water partition coefficient (Wildman–Crippen LogP) is 3.02. The SMILES string of the molecule is FC(F)(F)c1cccc(ON2PNPNP2)c1. The van der Waals surface area contributed by atoms with Crippen LogP contribution in [0.2, 0.25) is 0 Å². The molecule has 0 bridgehead atoms. The van der Waals surface area contributed by atoms with E-state index in [-0.39, 0.29) is 23.5 Å². The van der Waals surface area contributed by atoms with Crippen LogP contribution in [0.5, 0.6) is 5.75 Å². The molecule has 1 aliphatic rings. The average molecular weight is 301 g/mol. The van der Waals surface area contributed by atoms with Gasteiger partial charge in [0.1, 0.15) is 5.75 Å². The summed E-state index contributed by atoms with van der Waals surface area (Å²) in [6.07, 6.45) is -4.34. The van der Waals surface area contributed by atoms with Gasteiger partial charge in [0.25, 0.3) is 0 Å². The zero-order valence-corrected chi connectivity index (χ0v) is 11.3. The molecular formula is C7H9F3N3OP3. The summed E-state index contributed by atoms with van der Waals surface area (Å²) in [6, 6.07) is 4.84. The van der Waals surface area contributed by atoms with E-state index in [9.17, 15) is 13.2 Å². The van der Waals surface area contributed by atoms with E-state index >= 15 is 0 Å². The van der Waals surface area contributed by atoms with Gasteiger partial charge in [0.15, 0.2) is 0 Å². The molecule has 0 radical (unpaired) electrons. The first kappa shape index (κ1) is 13.4. The zero-order chi connectivity index (χ0) is 12.3. The van der Waals surface area contributed by atoms with Gasteiger partial charge in [-0.1, -0.05) is 10.7 Å². The van der Waals surface area contributed by atoms with E-state index in [2.05, 4.69) is 9.72 Å². The lowest BCUT2D eigenvalue weighted by Crippen LogP contribution is -2.19. The van der Waals surface area contributed by atoms with E-state index < -0.39 is 11.7 Å². The van der Waals surface area contributed by atoms with Gasteiger partial charge < -0.3 is 4.84 Å². The van der Waals surface area contributed by atoms with E-state index in [4.69, 9.17) is 4.84 Å². The van der Waals surface area contributed by atoms with Crippen LogP contribution in [0.3, 0.4) is 0 Å². The van der Waals surface area contributed by atoms with Crippen molar-refractivity contribution in [2.75, 3.05) is 0 Å². The van der Waals surface area contributed by atoms with Crippen LogP contribution in [0.25, 0.3) is 0 Å². The fourth-order valence-electron chi connectivity index (χ4n) is 1.10. The average Bonchev–Trinajstić information content (AvgIpc) is 2.29. The molecular weight excluding hydrogens is 292 g/mol. The van der Waals surface area contributed by atoms with Crippen molar-refractivity contribution in [1.29, 1.82) is 0 Å². The minimum absolute atomic E-state index is 0.189. The third kappa shape index (κ3) is 3.99. The second-order valence-electron chi connectivity index (χ2n) is 3.01. The summed E-state index contributed by atoms with van der Waals surface area (Å²) in [6.45, 7) is 0. The van der Waals surface area contributed by atoms with Crippen molar-refractivity contribution < 1.29 is 18.0 Å². The van der Waals surface area contributed by atoms with Crippen LogP contribution in [0, 0.1) is 0 Å². The number of halogens is 3. The molecule has 0 spiro atoms. The monoisotopic (exact) mass is 301 g/mol. The summed E-state index contributed by atoms with van der Waals surface area (Å²) in [5, 5.41) is 0. The van der Waals surface area contributed by atoms with Crippen LogP contribution in [0.15, 0.2) is 24.3 Å². The summed E-state index contributed by atoms with van der Waals surface area (Å²) in [5.74, 6) is 0.189. The zero-order valence-electron chi connectivity index (χ0n) is 8.30. The van der Waals surface area contributed by atoms with Crippen molar-refractivity contribution in [2.24, 2.45) is 0 Å². The molecule has 10 heteroatoms.